The summed E-state index contributed by atoms with van der Waals surface area (Å²) in [5.74, 6) is 0. The smallest absolute Gasteiger partial charge is 0.193 e. The fourth-order valence-electron chi connectivity index (χ4n) is 1.67. The van der Waals surface area contributed by atoms with Crippen LogP contribution in [-0.4, -0.2) is 9.97 Å². The second-order valence-corrected chi connectivity index (χ2v) is 5.66. The molecule has 0 spiro atoms. The Bertz CT molecular complexity index is 746. The zero-order chi connectivity index (χ0) is 13.2. The zero-order valence-corrected chi connectivity index (χ0v) is 12.0. The summed E-state index contributed by atoms with van der Waals surface area (Å²) in [6.07, 6.45) is 1.81. The molecule has 0 amide bonds. The van der Waals surface area contributed by atoms with Crippen molar-refractivity contribution in [2.24, 2.45) is 0 Å². The number of hydrogen-bond donors (Lipinski definition) is 0. The maximum absolute atomic E-state index is 6.15. The molecule has 0 atom stereocenters. The van der Waals surface area contributed by atoms with Crippen LogP contribution in [0.2, 0.25) is 10.0 Å². The molecule has 0 aliphatic rings. The first-order valence-corrected chi connectivity index (χ1v) is 7.15. The van der Waals surface area contributed by atoms with Crippen molar-refractivity contribution in [3.8, 4) is 0 Å². The fourth-order valence-corrected chi connectivity index (χ4v) is 2.93. The molecule has 3 aromatic rings. The number of para-hydroxylation sites is 1. The second-order valence-electron chi connectivity index (χ2n) is 3.87. The molecule has 3 rings (SSSR count). The van der Waals surface area contributed by atoms with Gasteiger partial charge in [0.2, 0.25) is 0 Å². The first kappa shape index (κ1) is 12.7. The highest BCUT2D eigenvalue weighted by Crippen LogP contribution is 2.35. The van der Waals surface area contributed by atoms with E-state index in [0.717, 1.165) is 15.8 Å². The predicted molar refractivity (Wildman–Crippen MR) is 80.1 cm³/mol. The minimum Gasteiger partial charge on any atom is -0.230 e. The summed E-state index contributed by atoms with van der Waals surface area (Å²) in [6, 6.07) is 13.4. The summed E-state index contributed by atoms with van der Waals surface area (Å²) in [5.41, 5.74) is 0.915. The predicted octanol–water partition coefficient (Wildman–Crippen LogP) is 5.09. The molecule has 2 nitrogen and oxygen atoms in total. The number of benzene rings is 2. The minimum absolute atomic E-state index is 0.533. The van der Waals surface area contributed by atoms with Gasteiger partial charge < -0.3 is 0 Å². The van der Waals surface area contributed by atoms with Gasteiger partial charge in [-0.3, -0.25) is 0 Å². The molecule has 0 fully saturated rings. The third kappa shape index (κ3) is 2.68. The Balaban J connectivity index is 1.99. The molecule has 19 heavy (non-hydrogen) atoms. The van der Waals surface area contributed by atoms with E-state index in [1.165, 1.54) is 11.8 Å². The van der Waals surface area contributed by atoms with E-state index in [-0.39, 0.29) is 0 Å². The van der Waals surface area contributed by atoms with E-state index >= 15 is 0 Å². The van der Waals surface area contributed by atoms with E-state index in [1.54, 1.807) is 6.07 Å². The fraction of sp³-hybridized carbons (Fsp3) is 0. The van der Waals surface area contributed by atoms with Crippen LogP contribution in [0.5, 0.6) is 0 Å². The molecule has 94 valence electrons. The molecule has 1 aromatic heterocycles. The molecule has 0 unspecified atom stereocenters. The summed E-state index contributed by atoms with van der Waals surface area (Å²) >= 11 is 13.5. The lowest BCUT2D eigenvalue weighted by Gasteiger charge is -2.04. The van der Waals surface area contributed by atoms with Crippen LogP contribution >= 0.6 is 35.0 Å². The number of nitrogens with zero attached hydrogens (tertiary/aromatic N) is 2. The number of fused-ring (bicyclic) bond motifs is 1. The van der Waals surface area contributed by atoms with Gasteiger partial charge in [-0.15, -0.1) is 0 Å². The Morgan fingerprint density at radius 2 is 1.79 bits per heavy atom. The van der Waals surface area contributed by atoms with Gasteiger partial charge in [0.1, 0.15) is 0 Å². The van der Waals surface area contributed by atoms with Gasteiger partial charge in [-0.2, -0.15) is 0 Å². The second kappa shape index (κ2) is 5.37. The van der Waals surface area contributed by atoms with Crippen LogP contribution in [0.15, 0.2) is 58.7 Å². The zero-order valence-electron chi connectivity index (χ0n) is 9.68. The first-order valence-electron chi connectivity index (χ1n) is 5.58. The van der Waals surface area contributed by atoms with Crippen LogP contribution in [-0.2, 0) is 0 Å². The van der Waals surface area contributed by atoms with Crippen LogP contribution in [0.4, 0.5) is 0 Å². The molecular formula is C14H8Cl2N2S. The number of aromatic nitrogens is 2. The Labute approximate surface area is 124 Å². The van der Waals surface area contributed by atoms with Crippen molar-refractivity contribution in [1.82, 2.24) is 9.97 Å². The molecule has 2 aromatic carbocycles. The van der Waals surface area contributed by atoms with Gasteiger partial charge in [0.25, 0.3) is 0 Å². The quantitative estimate of drug-likeness (QED) is 0.617. The van der Waals surface area contributed by atoms with Crippen molar-refractivity contribution in [3.05, 3.63) is 58.7 Å². The Morgan fingerprint density at radius 1 is 0.947 bits per heavy atom. The summed E-state index contributed by atoms with van der Waals surface area (Å²) < 4.78 is 0. The lowest BCUT2D eigenvalue weighted by atomic mass is 10.2. The van der Waals surface area contributed by atoms with E-state index in [2.05, 4.69) is 9.97 Å². The molecule has 5 heteroatoms. The Hall–Kier alpha value is -1.29. The van der Waals surface area contributed by atoms with Gasteiger partial charge in [0.15, 0.2) is 5.16 Å². The van der Waals surface area contributed by atoms with Crippen molar-refractivity contribution in [2.45, 2.75) is 10.1 Å². The number of rotatable bonds is 2. The number of halogens is 2. The highest BCUT2D eigenvalue weighted by atomic mass is 35.5. The van der Waals surface area contributed by atoms with Crippen molar-refractivity contribution in [1.29, 1.82) is 0 Å². The topological polar surface area (TPSA) is 25.8 Å². The lowest BCUT2D eigenvalue weighted by Crippen LogP contribution is -1.87. The molecule has 1 heterocycles. The van der Waals surface area contributed by atoms with E-state index < -0.39 is 0 Å². The largest absolute Gasteiger partial charge is 0.230 e. The average Bonchev–Trinajstić information content (AvgIpc) is 2.44. The van der Waals surface area contributed by atoms with Crippen LogP contribution in [0.25, 0.3) is 10.9 Å². The van der Waals surface area contributed by atoms with Gasteiger partial charge in [-0.25, -0.2) is 9.97 Å². The summed E-state index contributed by atoms with van der Waals surface area (Å²) in [6.45, 7) is 0. The summed E-state index contributed by atoms with van der Waals surface area (Å²) in [7, 11) is 0. The average molecular weight is 307 g/mol. The highest BCUT2D eigenvalue weighted by Gasteiger charge is 2.08. The third-order valence-corrected chi connectivity index (χ3v) is 4.45. The summed E-state index contributed by atoms with van der Waals surface area (Å²) in [5, 5.41) is 2.74. The normalized spacial score (nSPS) is 10.8. The SMILES string of the molecule is Clc1cccc(Sc2ncc3ccccc3n2)c1Cl. The standard InChI is InChI=1S/C14H8Cl2N2S/c15-10-5-3-7-12(13(10)16)19-14-17-8-9-4-1-2-6-11(9)18-14/h1-8H. The van der Waals surface area contributed by atoms with E-state index in [1.807, 2.05) is 42.6 Å². The van der Waals surface area contributed by atoms with Gasteiger partial charge >= 0.3 is 0 Å². The van der Waals surface area contributed by atoms with Crippen molar-refractivity contribution in [3.63, 3.8) is 0 Å². The maximum Gasteiger partial charge on any atom is 0.193 e. The van der Waals surface area contributed by atoms with Gasteiger partial charge in [0.05, 0.1) is 15.6 Å². The van der Waals surface area contributed by atoms with Crippen molar-refractivity contribution in [2.75, 3.05) is 0 Å². The maximum atomic E-state index is 6.15. The molecule has 0 aliphatic heterocycles. The van der Waals surface area contributed by atoms with Crippen LogP contribution in [0.3, 0.4) is 0 Å². The van der Waals surface area contributed by atoms with E-state index in [9.17, 15) is 0 Å². The monoisotopic (exact) mass is 306 g/mol. The van der Waals surface area contributed by atoms with Gasteiger partial charge in [-0.05, 0) is 30.0 Å². The molecule has 0 N–H and O–H groups in total. The van der Waals surface area contributed by atoms with Crippen LogP contribution < -0.4 is 0 Å². The molecule has 0 saturated carbocycles. The van der Waals surface area contributed by atoms with E-state index in [4.69, 9.17) is 23.2 Å². The Morgan fingerprint density at radius 3 is 2.68 bits per heavy atom. The molecule has 0 radical (unpaired) electrons. The van der Waals surface area contributed by atoms with Crippen LogP contribution in [0, 0.1) is 0 Å². The van der Waals surface area contributed by atoms with E-state index in [0.29, 0.717) is 15.2 Å². The van der Waals surface area contributed by atoms with Crippen LogP contribution in [0.1, 0.15) is 0 Å². The number of hydrogen-bond acceptors (Lipinski definition) is 3. The molecule has 0 saturated heterocycles. The highest BCUT2D eigenvalue weighted by molar-refractivity contribution is 7.99. The summed E-state index contributed by atoms with van der Waals surface area (Å²) in [4.78, 5) is 9.67. The minimum atomic E-state index is 0.533. The van der Waals surface area contributed by atoms with Gasteiger partial charge in [0, 0.05) is 16.5 Å². The first-order chi connectivity index (χ1) is 9.24. The van der Waals surface area contributed by atoms with Gasteiger partial charge in [-0.1, -0.05) is 47.5 Å². The van der Waals surface area contributed by atoms with Crippen molar-refractivity contribution < 1.29 is 0 Å². The molecular weight excluding hydrogens is 299 g/mol. The van der Waals surface area contributed by atoms with Crippen molar-refractivity contribution >= 4 is 45.9 Å². The Kier molecular flexibility index (Phi) is 3.60. The molecule has 0 bridgehead atoms. The molecule has 0 aliphatic carbocycles. The third-order valence-electron chi connectivity index (χ3n) is 2.58. The lowest BCUT2D eigenvalue weighted by molar-refractivity contribution is 1.00.